The lowest BCUT2D eigenvalue weighted by atomic mass is 9.96. The van der Waals surface area contributed by atoms with E-state index >= 15 is 0 Å². The average molecular weight is 212 g/mol. The van der Waals surface area contributed by atoms with Gasteiger partial charge < -0.3 is 9.47 Å². The maximum Gasteiger partial charge on any atom is 0.252 e. The van der Waals surface area contributed by atoms with Gasteiger partial charge >= 0.3 is 0 Å². The van der Waals surface area contributed by atoms with Crippen molar-refractivity contribution in [1.82, 2.24) is 0 Å². The molecule has 1 aliphatic heterocycles. The Kier molecular flexibility index (Phi) is 5.00. The molecule has 2 nitrogen and oxygen atoms in total. The van der Waals surface area contributed by atoms with Crippen LogP contribution in [0.2, 0.25) is 0 Å². The Labute approximate surface area is 93.7 Å². The van der Waals surface area contributed by atoms with Crippen LogP contribution in [0.4, 0.5) is 0 Å². The van der Waals surface area contributed by atoms with Crippen molar-refractivity contribution in [2.24, 2.45) is 5.92 Å². The number of hydrogen-bond acceptors (Lipinski definition) is 2. The molecule has 0 radical (unpaired) electrons. The van der Waals surface area contributed by atoms with Gasteiger partial charge in [-0.3, -0.25) is 0 Å². The highest BCUT2D eigenvalue weighted by molar-refractivity contribution is 4.86. The first-order valence-corrected chi connectivity index (χ1v) is 6.22. The van der Waals surface area contributed by atoms with Gasteiger partial charge in [-0.15, -0.1) is 0 Å². The van der Waals surface area contributed by atoms with Crippen LogP contribution in [0.15, 0.2) is 12.5 Å². The molecule has 0 aromatic carbocycles. The van der Waals surface area contributed by atoms with Gasteiger partial charge in [0.2, 0.25) is 0 Å². The lowest BCUT2D eigenvalue weighted by molar-refractivity contribution is -0.178. The van der Waals surface area contributed by atoms with Crippen molar-refractivity contribution in [3.05, 3.63) is 12.5 Å². The van der Waals surface area contributed by atoms with E-state index in [2.05, 4.69) is 20.8 Å². The highest BCUT2D eigenvalue weighted by atomic mass is 16.7. The van der Waals surface area contributed by atoms with Crippen LogP contribution in [0.1, 0.15) is 59.3 Å². The molecule has 0 amide bonds. The summed E-state index contributed by atoms with van der Waals surface area (Å²) in [7, 11) is 0. The third kappa shape index (κ3) is 3.44. The molecular weight excluding hydrogens is 188 g/mol. The first kappa shape index (κ1) is 12.4. The van der Waals surface area contributed by atoms with E-state index in [1.807, 2.05) is 0 Å². The third-order valence-corrected chi connectivity index (χ3v) is 3.10. The summed E-state index contributed by atoms with van der Waals surface area (Å²) in [5.74, 6) is 0.0327. The molecule has 0 saturated heterocycles. The summed E-state index contributed by atoms with van der Waals surface area (Å²) in [5.41, 5.74) is 0. The van der Waals surface area contributed by atoms with Crippen molar-refractivity contribution in [3.63, 3.8) is 0 Å². The fourth-order valence-electron chi connectivity index (χ4n) is 1.97. The Morgan fingerprint density at radius 3 is 2.13 bits per heavy atom. The Balaban J connectivity index is 2.22. The van der Waals surface area contributed by atoms with E-state index in [9.17, 15) is 0 Å². The molecule has 0 N–H and O–H groups in total. The zero-order valence-corrected chi connectivity index (χ0v) is 10.3. The van der Waals surface area contributed by atoms with E-state index < -0.39 is 0 Å². The second-order valence-electron chi connectivity index (χ2n) is 4.64. The maximum absolute atomic E-state index is 5.61. The van der Waals surface area contributed by atoms with E-state index in [0.29, 0.717) is 5.92 Å². The van der Waals surface area contributed by atoms with Gasteiger partial charge in [0.15, 0.2) is 0 Å². The Morgan fingerprint density at radius 2 is 1.60 bits per heavy atom. The molecule has 0 fully saturated rings. The van der Waals surface area contributed by atoms with E-state index in [1.54, 1.807) is 12.5 Å². The summed E-state index contributed by atoms with van der Waals surface area (Å²) in [6, 6.07) is 0. The molecule has 0 unspecified atom stereocenters. The van der Waals surface area contributed by atoms with Crippen molar-refractivity contribution in [3.8, 4) is 0 Å². The van der Waals surface area contributed by atoms with Crippen LogP contribution in [0, 0.1) is 5.92 Å². The molecule has 0 saturated carbocycles. The predicted molar refractivity (Wildman–Crippen MR) is 62.3 cm³/mol. The molecule has 0 aliphatic carbocycles. The van der Waals surface area contributed by atoms with Crippen LogP contribution in [0.5, 0.6) is 0 Å². The minimum atomic E-state index is -0.369. The van der Waals surface area contributed by atoms with Crippen LogP contribution in [0.25, 0.3) is 0 Å². The SMILES string of the molecule is CCCCCCCC1(C(C)C)OC=CO1. The highest BCUT2D eigenvalue weighted by Gasteiger charge is 2.38. The molecule has 0 atom stereocenters. The molecule has 0 spiro atoms. The van der Waals surface area contributed by atoms with Crippen LogP contribution in [-0.2, 0) is 9.47 Å². The first-order valence-electron chi connectivity index (χ1n) is 6.22. The summed E-state index contributed by atoms with van der Waals surface area (Å²) in [4.78, 5) is 0. The molecule has 0 aromatic rings. The molecule has 1 aliphatic rings. The second-order valence-corrected chi connectivity index (χ2v) is 4.64. The van der Waals surface area contributed by atoms with Gasteiger partial charge in [0, 0.05) is 12.3 Å². The Bertz CT molecular complexity index is 189. The second kappa shape index (κ2) is 6.04. The van der Waals surface area contributed by atoms with Gasteiger partial charge in [0.05, 0.1) is 0 Å². The lowest BCUT2D eigenvalue weighted by Crippen LogP contribution is -2.36. The zero-order chi connectivity index (χ0) is 11.1. The van der Waals surface area contributed by atoms with Crippen molar-refractivity contribution in [2.75, 3.05) is 0 Å². The molecule has 1 heterocycles. The third-order valence-electron chi connectivity index (χ3n) is 3.10. The van der Waals surface area contributed by atoms with Crippen molar-refractivity contribution in [2.45, 2.75) is 65.1 Å². The van der Waals surface area contributed by atoms with Gasteiger partial charge in [-0.25, -0.2) is 0 Å². The first-order chi connectivity index (χ1) is 7.21. The minimum absolute atomic E-state index is 0.369. The molecule has 0 aromatic heterocycles. The maximum atomic E-state index is 5.61. The van der Waals surface area contributed by atoms with Gasteiger partial charge in [-0.2, -0.15) is 0 Å². The van der Waals surface area contributed by atoms with Crippen LogP contribution >= 0.6 is 0 Å². The predicted octanol–water partition coefficient (Wildman–Crippen LogP) is 4.22. The quantitative estimate of drug-likeness (QED) is 0.588. The van der Waals surface area contributed by atoms with Crippen LogP contribution in [0.3, 0.4) is 0 Å². The summed E-state index contributed by atoms with van der Waals surface area (Å²) in [5, 5.41) is 0. The normalized spacial score (nSPS) is 17.9. The van der Waals surface area contributed by atoms with Gasteiger partial charge in [-0.05, 0) is 6.42 Å². The monoisotopic (exact) mass is 212 g/mol. The fourth-order valence-corrected chi connectivity index (χ4v) is 1.97. The van der Waals surface area contributed by atoms with E-state index in [1.165, 1.54) is 32.1 Å². The van der Waals surface area contributed by atoms with Crippen molar-refractivity contribution >= 4 is 0 Å². The largest absolute Gasteiger partial charge is 0.457 e. The van der Waals surface area contributed by atoms with E-state index in [4.69, 9.17) is 9.47 Å². The number of unbranched alkanes of at least 4 members (excludes halogenated alkanes) is 4. The zero-order valence-electron chi connectivity index (χ0n) is 10.3. The highest BCUT2D eigenvalue weighted by Crippen LogP contribution is 2.33. The van der Waals surface area contributed by atoms with Crippen molar-refractivity contribution in [1.29, 1.82) is 0 Å². The number of rotatable bonds is 7. The van der Waals surface area contributed by atoms with Gasteiger partial charge in [-0.1, -0.05) is 46.5 Å². The number of ether oxygens (including phenoxy) is 2. The smallest absolute Gasteiger partial charge is 0.252 e. The van der Waals surface area contributed by atoms with Crippen molar-refractivity contribution < 1.29 is 9.47 Å². The molecular formula is C13H24O2. The minimum Gasteiger partial charge on any atom is -0.457 e. The van der Waals surface area contributed by atoms with E-state index in [-0.39, 0.29) is 5.79 Å². The van der Waals surface area contributed by atoms with Gasteiger partial charge in [0.1, 0.15) is 12.5 Å². The summed E-state index contributed by atoms with van der Waals surface area (Å²) in [6.07, 6.45) is 10.8. The van der Waals surface area contributed by atoms with Crippen LogP contribution in [-0.4, -0.2) is 5.79 Å². The molecule has 1 rings (SSSR count). The Hall–Kier alpha value is -0.660. The lowest BCUT2D eigenvalue weighted by Gasteiger charge is -2.31. The topological polar surface area (TPSA) is 18.5 Å². The molecule has 88 valence electrons. The summed E-state index contributed by atoms with van der Waals surface area (Å²) < 4.78 is 11.2. The fraction of sp³-hybridized carbons (Fsp3) is 0.846. The average Bonchev–Trinajstić information content (AvgIpc) is 2.67. The summed E-state index contributed by atoms with van der Waals surface area (Å²) in [6.45, 7) is 6.54. The summed E-state index contributed by atoms with van der Waals surface area (Å²) >= 11 is 0. The number of hydrogen-bond donors (Lipinski definition) is 0. The Morgan fingerprint density at radius 1 is 1.00 bits per heavy atom. The standard InChI is InChI=1S/C13H24O2/c1-4-5-6-7-8-9-13(12(2)3)14-10-11-15-13/h10-12H,4-9H2,1-3H3. The van der Waals surface area contributed by atoms with E-state index in [0.717, 1.165) is 6.42 Å². The van der Waals surface area contributed by atoms with Gasteiger partial charge in [0.25, 0.3) is 5.79 Å². The molecule has 15 heavy (non-hydrogen) atoms. The molecule has 0 bridgehead atoms. The molecule has 2 heteroatoms. The van der Waals surface area contributed by atoms with Crippen LogP contribution < -0.4 is 0 Å².